The van der Waals surface area contributed by atoms with E-state index >= 15 is 0 Å². The molecule has 4 heteroatoms. The lowest BCUT2D eigenvalue weighted by Crippen LogP contribution is -2.08. The molecule has 0 aliphatic rings. The molecule has 0 aliphatic heterocycles. The lowest BCUT2D eigenvalue weighted by molar-refractivity contribution is 0.306. The van der Waals surface area contributed by atoms with Crippen LogP contribution in [-0.4, -0.2) is 23.2 Å². The third kappa shape index (κ3) is 3.74. The fourth-order valence-corrected chi connectivity index (χ4v) is 2.97. The van der Waals surface area contributed by atoms with Gasteiger partial charge >= 0.3 is 0 Å². The molecular formula is C21H24N2O2. The first-order chi connectivity index (χ1) is 12.1. The molecule has 0 radical (unpaired) electrons. The van der Waals surface area contributed by atoms with E-state index in [1.807, 2.05) is 50.4 Å². The molecule has 0 saturated heterocycles. The van der Waals surface area contributed by atoms with Crippen molar-refractivity contribution in [1.82, 2.24) is 4.98 Å². The SMILES string of the molecule is CC(C)c1c(O)cc(-c2cc3ccccc3cn2)cc1OCCCN. The van der Waals surface area contributed by atoms with Gasteiger partial charge in [-0.05, 0) is 42.5 Å². The van der Waals surface area contributed by atoms with Crippen LogP contribution in [0.25, 0.3) is 22.0 Å². The fraction of sp³-hybridized carbons (Fsp3) is 0.286. The molecular weight excluding hydrogens is 312 g/mol. The van der Waals surface area contributed by atoms with E-state index in [4.69, 9.17) is 10.5 Å². The molecule has 0 bridgehead atoms. The molecule has 2 aromatic carbocycles. The van der Waals surface area contributed by atoms with Crippen LogP contribution < -0.4 is 10.5 Å². The fourth-order valence-electron chi connectivity index (χ4n) is 2.97. The average molecular weight is 336 g/mol. The minimum atomic E-state index is 0.159. The number of hydrogen-bond acceptors (Lipinski definition) is 4. The van der Waals surface area contributed by atoms with Crippen LogP contribution in [0.3, 0.4) is 0 Å². The Morgan fingerprint density at radius 2 is 1.88 bits per heavy atom. The van der Waals surface area contributed by atoms with Gasteiger partial charge < -0.3 is 15.6 Å². The molecule has 25 heavy (non-hydrogen) atoms. The Hall–Kier alpha value is -2.59. The van der Waals surface area contributed by atoms with Crippen molar-refractivity contribution < 1.29 is 9.84 Å². The van der Waals surface area contributed by atoms with Crippen LogP contribution in [0.15, 0.2) is 48.7 Å². The summed E-state index contributed by atoms with van der Waals surface area (Å²) in [5, 5.41) is 12.7. The number of phenolic OH excluding ortho intramolecular Hbond substituents is 1. The quantitative estimate of drug-likeness (QED) is 0.652. The van der Waals surface area contributed by atoms with E-state index in [2.05, 4.69) is 11.1 Å². The van der Waals surface area contributed by atoms with Crippen molar-refractivity contribution in [2.75, 3.05) is 13.2 Å². The molecule has 0 spiro atoms. The normalized spacial score (nSPS) is 11.2. The number of nitrogens with zero attached hydrogens (tertiary/aromatic N) is 1. The van der Waals surface area contributed by atoms with Crippen molar-refractivity contribution in [2.24, 2.45) is 5.73 Å². The van der Waals surface area contributed by atoms with E-state index < -0.39 is 0 Å². The van der Waals surface area contributed by atoms with Gasteiger partial charge in [0.15, 0.2) is 0 Å². The highest BCUT2D eigenvalue weighted by Gasteiger charge is 2.16. The van der Waals surface area contributed by atoms with Crippen LogP contribution in [0, 0.1) is 0 Å². The Kier molecular flexibility index (Phi) is 5.19. The van der Waals surface area contributed by atoms with Gasteiger partial charge in [0.1, 0.15) is 11.5 Å². The first-order valence-electron chi connectivity index (χ1n) is 8.65. The maximum absolute atomic E-state index is 10.5. The van der Waals surface area contributed by atoms with Crippen molar-refractivity contribution >= 4 is 10.8 Å². The molecule has 0 atom stereocenters. The highest BCUT2D eigenvalue weighted by atomic mass is 16.5. The molecule has 4 nitrogen and oxygen atoms in total. The molecule has 0 aliphatic carbocycles. The number of aromatic nitrogens is 1. The van der Waals surface area contributed by atoms with Crippen molar-refractivity contribution in [3.63, 3.8) is 0 Å². The summed E-state index contributed by atoms with van der Waals surface area (Å²) in [4.78, 5) is 4.54. The zero-order valence-corrected chi connectivity index (χ0v) is 14.7. The zero-order valence-electron chi connectivity index (χ0n) is 14.7. The number of nitrogens with two attached hydrogens (primary N) is 1. The van der Waals surface area contributed by atoms with Crippen molar-refractivity contribution in [2.45, 2.75) is 26.2 Å². The monoisotopic (exact) mass is 336 g/mol. The summed E-state index contributed by atoms with van der Waals surface area (Å²) in [5.74, 6) is 1.10. The third-order valence-electron chi connectivity index (χ3n) is 4.23. The number of phenols is 1. The highest BCUT2D eigenvalue weighted by molar-refractivity contribution is 5.85. The predicted octanol–water partition coefficient (Wildman–Crippen LogP) is 4.46. The zero-order chi connectivity index (χ0) is 17.8. The molecule has 130 valence electrons. The van der Waals surface area contributed by atoms with Gasteiger partial charge in [-0.15, -0.1) is 0 Å². The van der Waals surface area contributed by atoms with Crippen LogP contribution in [0.5, 0.6) is 11.5 Å². The molecule has 1 aromatic heterocycles. The Balaban J connectivity index is 2.05. The van der Waals surface area contributed by atoms with E-state index in [1.54, 1.807) is 6.07 Å². The molecule has 0 unspecified atom stereocenters. The summed E-state index contributed by atoms with van der Waals surface area (Å²) >= 11 is 0. The molecule has 1 heterocycles. The minimum Gasteiger partial charge on any atom is -0.507 e. The molecule has 3 aromatic rings. The van der Waals surface area contributed by atoms with Crippen LogP contribution in [0.4, 0.5) is 0 Å². The van der Waals surface area contributed by atoms with E-state index in [0.717, 1.165) is 34.0 Å². The van der Waals surface area contributed by atoms with Crippen molar-refractivity contribution in [3.05, 3.63) is 54.2 Å². The number of aromatic hydroxyl groups is 1. The van der Waals surface area contributed by atoms with Crippen LogP contribution in [-0.2, 0) is 0 Å². The Labute approximate surface area is 148 Å². The van der Waals surface area contributed by atoms with Crippen LogP contribution in [0.2, 0.25) is 0 Å². The summed E-state index contributed by atoms with van der Waals surface area (Å²) in [6.45, 7) is 5.19. The van der Waals surface area contributed by atoms with Crippen LogP contribution in [0.1, 0.15) is 31.7 Å². The Morgan fingerprint density at radius 3 is 2.60 bits per heavy atom. The average Bonchev–Trinajstić information content (AvgIpc) is 2.60. The first kappa shape index (κ1) is 17.2. The summed E-state index contributed by atoms with van der Waals surface area (Å²) in [6.07, 6.45) is 2.63. The van der Waals surface area contributed by atoms with E-state index in [0.29, 0.717) is 18.9 Å². The van der Waals surface area contributed by atoms with Gasteiger partial charge in [-0.2, -0.15) is 0 Å². The highest BCUT2D eigenvalue weighted by Crippen LogP contribution is 2.39. The predicted molar refractivity (Wildman–Crippen MR) is 102 cm³/mol. The van der Waals surface area contributed by atoms with E-state index in [-0.39, 0.29) is 11.7 Å². The van der Waals surface area contributed by atoms with Gasteiger partial charge in [0.25, 0.3) is 0 Å². The van der Waals surface area contributed by atoms with Crippen molar-refractivity contribution in [3.8, 4) is 22.8 Å². The summed E-state index contributed by atoms with van der Waals surface area (Å²) in [5.41, 5.74) is 8.03. The second kappa shape index (κ2) is 7.53. The first-order valence-corrected chi connectivity index (χ1v) is 8.65. The second-order valence-corrected chi connectivity index (χ2v) is 6.47. The smallest absolute Gasteiger partial charge is 0.127 e. The van der Waals surface area contributed by atoms with Gasteiger partial charge in [0, 0.05) is 22.7 Å². The number of rotatable bonds is 6. The maximum atomic E-state index is 10.5. The Bertz CT molecular complexity index is 875. The standard InChI is InChI=1S/C21H24N2O2/c1-14(2)21-19(24)11-17(12-20(21)25-9-5-8-22)18-10-15-6-3-4-7-16(15)13-23-18/h3-4,6-7,10-14,24H,5,8-9,22H2,1-2H3. The molecule has 0 fully saturated rings. The topological polar surface area (TPSA) is 68.4 Å². The number of benzene rings is 2. The number of pyridine rings is 1. The van der Waals surface area contributed by atoms with E-state index in [9.17, 15) is 5.11 Å². The Morgan fingerprint density at radius 1 is 1.12 bits per heavy atom. The molecule has 0 saturated carbocycles. The number of hydrogen-bond donors (Lipinski definition) is 2. The van der Waals surface area contributed by atoms with Gasteiger partial charge in [0.2, 0.25) is 0 Å². The van der Waals surface area contributed by atoms with E-state index in [1.165, 1.54) is 0 Å². The van der Waals surface area contributed by atoms with Gasteiger partial charge in [-0.1, -0.05) is 38.1 Å². The van der Waals surface area contributed by atoms with Gasteiger partial charge in [-0.3, -0.25) is 4.98 Å². The summed E-state index contributed by atoms with van der Waals surface area (Å²) in [7, 11) is 0. The molecule has 3 N–H and O–H groups in total. The summed E-state index contributed by atoms with van der Waals surface area (Å²) in [6, 6.07) is 13.9. The third-order valence-corrected chi connectivity index (χ3v) is 4.23. The second-order valence-electron chi connectivity index (χ2n) is 6.47. The summed E-state index contributed by atoms with van der Waals surface area (Å²) < 4.78 is 5.90. The molecule has 0 amide bonds. The maximum Gasteiger partial charge on any atom is 0.127 e. The van der Waals surface area contributed by atoms with Crippen molar-refractivity contribution in [1.29, 1.82) is 0 Å². The lowest BCUT2D eigenvalue weighted by atomic mass is 9.97. The largest absolute Gasteiger partial charge is 0.507 e. The molecule has 3 rings (SSSR count). The van der Waals surface area contributed by atoms with Gasteiger partial charge in [-0.25, -0.2) is 0 Å². The number of fused-ring (bicyclic) bond motifs is 1. The van der Waals surface area contributed by atoms with Crippen LogP contribution >= 0.6 is 0 Å². The number of ether oxygens (including phenoxy) is 1. The van der Waals surface area contributed by atoms with Gasteiger partial charge in [0.05, 0.1) is 12.3 Å². The lowest BCUT2D eigenvalue weighted by Gasteiger charge is -2.17. The minimum absolute atomic E-state index is 0.159.